The van der Waals surface area contributed by atoms with Gasteiger partial charge in [-0.05, 0) is 31.4 Å². The number of amides is 1. The molecule has 132 valence electrons. The van der Waals surface area contributed by atoms with E-state index < -0.39 is 12.3 Å². The standard InChI is InChI=1S/C20H18N2O4/c1-11-12(2)20(26-19(11)24)25-10-16-15-9-13-5-3-4-6-14(13)17(15)22(8-7-21)18(16)23/h3-6,10,15,17,20H,8-9H2,1-2H3/b16-10+. The van der Waals surface area contributed by atoms with Crippen molar-refractivity contribution >= 4 is 11.9 Å². The molecule has 3 atom stereocenters. The summed E-state index contributed by atoms with van der Waals surface area (Å²) >= 11 is 0. The van der Waals surface area contributed by atoms with E-state index in [1.807, 2.05) is 18.2 Å². The van der Waals surface area contributed by atoms with Crippen LogP contribution >= 0.6 is 0 Å². The number of ether oxygens (including phenoxy) is 2. The van der Waals surface area contributed by atoms with Crippen molar-refractivity contribution in [3.8, 4) is 6.07 Å². The number of hydrogen-bond donors (Lipinski definition) is 0. The molecule has 1 amide bonds. The summed E-state index contributed by atoms with van der Waals surface area (Å²) in [6.45, 7) is 3.49. The Morgan fingerprint density at radius 3 is 2.81 bits per heavy atom. The fourth-order valence-corrected chi connectivity index (χ4v) is 3.95. The number of benzene rings is 1. The highest BCUT2D eigenvalue weighted by Gasteiger charge is 2.49. The van der Waals surface area contributed by atoms with Crippen molar-refractivity contribution in [2.75, 3.05) is 6.54 Å². The third kappa shape index (κ3) is 2.31. The van der Waals surface area contributed by atoms with Crippen LogP contribution in [-0.2, 0) is 25.5 Å². The van der Waals surface area contributed by atoms with Gasteiger partial charge < -0.3 is 14.4 Å². The monoisotopic (exact) mass is 350 g/mol. The fourth-order valence-electron chi connectivity index (χ4n) is 3.95. The van der Waals surface area contributed by atoms with E-state index in [2.05, 4.69) is 12.1 Å². The second-order valence-corrected chi connectivity index (χ2v) is 6.80. The van der Waals surface area contributed by atoms with Gasteiger partial charge in [-0.25, -0.2) is 4.79 Å². The number of carbonyl (C=O) groups is 2. The van der Waals surface area contributed by atoms with Crippen LogP contribution in [-0.4, -0.2) is 29.6 Å². The van der Waals surface area contributed by atoms with Gasteiger partial charge in [0.1, 0.15) is 6.54 Å². The lowest BCUT2D eigenvalue weighted by molar-refractivity contribution is -0.153. The number of nitriles is 1. The lowest BCUT2D eigenvalue weighted by atomic mass is 9.97. The molecule has 3 unspecified atom stereocenters. The minimum absolute atomic E-state index is 0.0299. The van der Waals surface area contributed by atoms with Crippen molar-refractivity contribution in [2.24, 2.45) is 5.92 Å². The maximum absolute atomic E-state index is 12.8. The van der Waals surface area contributed by atoms with Crippen molar-refractivity contribution < 1.29 is 19.1 Å². The van der Waals surface area contributed by atoms with Gasteiger partial charge in [-0.1, -0.05) is 24.3 Å². The van der Waals surface area contributed by atoms with Crippen molar-refractivity contribution in [1.82, 2.24) is 4.90 Å². The topological polar surface area (TPSA) is 79.6 Å². The molecule has 6 nitrogen and oxygen atoms in total. The van der Waals surface area contributed by atoms with Crippen LogP contribution < -0.4 is 0 Å². The van der Waals surface area contributed by atoms with E-state index in [0.717, 1.165) is 12.0 Å². The quantitative estimate of drug-likeness (QED) is 0.362. The van der Waals surface area contributed by atoms with Gasteiger partial charge in [0.25, 0.3) is 12.2 Å². The molecule has 0 radical (unpaired) electrons. The summed E-state index contributed by atoms with van der Waals surface area (Å²) in [5.41, 5.74) is 4.03. The summed E-state index contributed by atoms with van der Waals surface area (Å²) in [6.07, 6.45) is 1.35. The maximum Gasteiger partial charge on any atom is 0.337 e. The zero-order valence-corrected chi connectivity index (χ0v) is 14.6. The van der Waals surface area contributed by atoms with Crippen LogP contribution in [0.15, 0.2) is 47.2 Å². The molecule has 4 rings (SSSR count). The molecule has 1 aliphatic carbocycles. The van der Waals surface area contributed by atoms with Crippen molar-refractivity contribution in [3.05, 3.63) is 58.4 Å². The van der Waals surface area contributed by atoms with Crippen LogP contribution in [0.5, 0.6) is 0 Å². The minimum Gasteiger partial charge on any atom is -0.458 e. The summed E-state index contributed by atoms with van der Waals surface area (Å²) in [7, 11) is 0. The number of hydrogen-bond acceptors (Lipinski definition) is 5. The molecule has 0 bridgehead atoms. The third-order valence-electron chi connectivity index (χ3n) is 5.46. The number of nitrogens with zero attached hydrogens (tertiary/aromatic N) is 2. The Morgan fingerprint density at radius 2 is 2.12 bits per heavy atom. The summed E-state index contributed by atoms with van der Waals surface area (Å²) in [4.78, 5) is 26.1. The van der Waals surface area contributed by atoms with Crippen LogP contribution in [0, 0.1) is 17.2 Å². The Morgan fingerprint density at radius 1 is 1.35 bits per heavy atom. The van der Waals surface area contributed by atoms with E-state index in [1.165, 1.54) is 11.8 Å². The predicted octanol–water partition coefficient (Wildman–Crippen LogP) is 2.39. The Labute approximate surface area is 151 Å². The lowest BCUT2D eigenvalue weighted by Gasteiger charge is -2.21. The molecule has 0 saturated carbocycles. The summed E-state index contributed by atoms with van der Waals surface area (Å²) in [5.74, 6) is -0.657. The molecule has 26 heavy (non-hydrogen) atoms. The first kappa shape index (κ1) is 16.4. The molecule has 1 fully saturated rings. The van der Waals surface area contributed by atoms with Gasteiger partial charge in [-0.15, -0.1) is 0 Å². The number of rotatable bonds is 3. The molecule has 0 N–H and O–H groups in total. The van der Waals surface area contributed by atoms with Crippen LogP contribution in [0.3, 0.4) is 0 Å². The third-order valence-corrected chi connectivity index (χ3v) is 5.46. The van der Waals surface area contributed by atoms with Crippen molar-refractivity contribution in [1.29, 1.82) is 5.26 Å². The summed E-state index contributed by atoms with van der Waals surface area (Å²) in [6, 6.07) is 9.93. The van der Waals surface area contributed by atoms with Gasteiger partial charge in [-0.3, -0.25) is 4.79 Å². The highest BCUT2D eigenvalue weighted by atomic mass is 16.7. The summed E-state index contributed by atoms with van der Waals surface area (Å²) < 4.78 is 10.8. The fraction of sp³-hybridized carbons (Fsp3) is 0.350. The number of carbonyl (C=O) groups excluding carboxylic acids is 2. The summed E-state index contributed by atoms with van der Waals surface area (Å²) in [5, 5.41) is 9.14. The van der Waals surface area contributed by atoms with E-state index in [0.29, 0.717) is 16.7 Å². The van der Waals surface area contributed by atoms with Gasteiger partial charge in [0.15, 0.2) is 0 Å². The minimum atomic E-state index is -0.796. The van der Waals surface area contributed by atoms with Crippen LogP contribution in [0.4, 0.5) is 0 Å². The van der Waals surface area contributed by atoms with Gasteiger partial charge in [0.2, 0.25) is 0 Å². The molecule has 2 heterocycles. The van der Waals surface area contributed by atoms with Crippen molar-refractivity contribution in [2.45, 2.75) is 32.6 Å². The smallest absolute Gasteiger partial charge is 0.337 e. The zero-order chi connectivity index (χ0) is 18.4. The predicted molar refractivity (Wildman–Crippen MR) is 91.1 cm³/mol. The van der Waals surface area contributed by atoms with E-state index in [4.69, 9.17) is 14.7 Å². The number of esters is 1. The SMILES string of the molecule is CC1=C(C)C(O/C=C2/C(=O)N(CC#N)C3c4ccccc4CC23)OC1=O. The Kier molecular flexibility index (Phi) is 3.80. The van der Waals surface area contributed by atoms with E-state index >= 15 is 0 Å². The lowest BCUT2D eigenvalue weighted by Crippen LogP contribution is -2.28. The highest BCUT2D eigenvalue weighted by molar-refractivity contribution is 5.97. The van der Waals surface area contributed by atoms with Crippen LogP contribution in [0.25, 0.3) is 0 Å². The largest absolute Gasteiger partial charge is 0.458 e. The Hall–Kier alpha value is -3.07. The molecule has 1 aromatic carbocycles. The van der Waals surface area contributed by atoms with Gasteiger partial charge in [-0.2, -0.15) is 5.26 Å². The Bertz CT molecular complexity index is 909. The number of fused-ring (bicyclic) bond motifs is 3. The first-order chi connectivity index (χ1) is 12.5. The van der Waals surface area contributed by atoms with E-state index in [9.17, 15) is 9.59 Å². The molecular weight excluding hydrogens is 332 g/mol. The normalized spacial score (nSPS) is 28.3. The first-order valence-corrected chi connectivity index (χ1v) is 8.52. The number of likely N-dealkylation sites (tertiary alicyclic amines) is 1. The molecule has 1 saturated heterocycles. The molecule has 1 aromatic rings. The van der Waals surface area contributed by atoms with Crippen LogP contribution in [0.2, 0.25) is 0 Å². The molecule has 2 aliphatic heterocycles. The molecule has 3 aliphatic rings. The second kappa shape index (κ2) is 6.03. The Balaban J connectivity index is 1.65. The zero-order valence-electron chi connectivity index (χ0n) is 14.6. The number of cyclic esters (lactones) is 1. The molecule has 6 heteroatoms. The van der Waals surface area contributed by atoms with Crippen molar-refractivity contribution in [3.63, 3.8) is 0 Å². The first-order valence-electron chi connectivity index (χ1n) is 8.52. The van der Waals surface area contributed by atoms with E-state index in [1.54, 1.807) is 18.7 Å². The highest BCUT2D eigenvalue weighted by Crippen LogP contribution is 2.49. The van der Waals surface area contributed by atoms with Crippen LogP contribution in [0.1, 0.15) is 31.0 Å². The maximum atomic E-state index is 12.8. The van der Waals surface area contributed by atoms with Gasteiger partial charge in [0, 0.05) is 17.1 Å². The van der Waals surface area contributed by atoms with Gasteiger partial charge in [0.05, 0.1) is 23.9 Å². The molecule has 0 aromatic heterocycles. The molecule has 0 spiro atoms. The molecular formula is C20H18N2O4. The average molecular weight is 350 g/mol. The second-order valence-electron chi connectivity index (χ2n) is 6.80. The van der Waals surface area contributed by atoms with Gasteiger partial charge >= 0.3 is 5.97 Å². The van der Waals surface area contributed by atoms with E-state index in [-0.39, 0.29) is 24.4 Å². The average Bonchev–Trinajstić information content (AvgIpc) is 3.21.